The minimum atomic E-state index is -0.762. The third-order valence-corrected chi connectivity index (χ3v) is 3.96. The molecule has 0 unspecified atom stereocenters. The van der Waals surface area contributed by atoms with Crippen LogP contribution >= 0.6 is 0 Å². The molecule has 9 heteroatoms. The minimum absolute atomic E-state index is 0.125. The molecule has 3 aromatic rings. The van der Waals surface area contributed by atoms with E-state index in [1.807, 2.05) is 19.1 Å². The second-order valence-electron chi connectivity index (χ2n) is 6.23. The third-order valence-electron chi connectivity index (χ3n) is 3.96. The topological polar surface area (TPSA) is 95.7 Å². The molecule has 1 aromatic heterocycles. The molecule has 2 aromatic carbocycles. The van der Waals surface area contributed by atoms with E-state index in [0.29, 0.717) is 11.1 Å². The van der Waals surface area contributed by atoms with Crippen LogP contribution in [-0.2, 0) is 4.74 Å². The fourth-order valence-corrected chi connectivity index (χ4v) is 2.46. The van der Waals surface area contributed by atoms with E-state index in [9.17, 15) is 14.0 Å². The maximum Gasteiger partial charge on any atom is 0.364 e. The first-order chi connectivity index (χ1) is 14.5. The van der Waals surface area contributed by atoms with Crippen molar-refractivity contribution >= 4 is 18.0 Å². The van der Waals surface area contributed by atoms with Crippen LogP contribution in [0.2, 0.25) is 0 Å². The number of benzene rings is 2. The zero-order valence-corrected chi connectivity index (χ0v) is 16.4. The predicted molar refractivity (Wildman–Crippen MR) is 106 cm³/mol. The van der Waals surface area contributed by atoms with Gasteiger partial charge in [0.05, 0.1) is 12.8 Å². The van der Waals surface area contributed by atoms with Crippen LogP contribution < -0.4 is 4.74 Å². The normalized spacial score (nSPS) is 10.9. The van der Waals surface area contributed by atoms with E-state index < -0.39 is 11.8 Å². The van der Waals surface area contributed by atoms with E-state index in [2.05, 4.69) is 15.4 Å². The molecule has 3 rings (SSSR count). The number of rotatable bonds is 8. The molecule has 0 saturated carbocycles. The smallest absolute Gasteiger partial charge is 0.364 e. The number of aromatic nitrogens is 3. The second kappa shape index (κ2) is 9.55. The van der Waals surface area contributed by atoms with Crippen molar-refractivity contribution in [2.24, 2.45) is 5.10 Å². The van der Waals surface area contributed by atoms with Crippen LogP contribution in [0.25, 0.3) is 0 Å². The summed E-state index contributed by atoms with van der Waals surface area (Å²) in [5, 5.41) is 11.5. The SMILES string of the molecule is CCOC(=O)c1nnn(N=Cc2cccc(F)c2)c1OCC(=O)c1ccc(C)cc1. The summed E-state index contributed by atoms with van der Waals surface area (Å²) in [4.78, 5) is 25.5. The number of Topliss-reactive ketones (excluding diaryl/α,β-unsaturated/α-hetero) is 1. The maximum absolute atomic E-state index is 13.3. The van der Waals surface area contributed by atoms with Crippen LogP contribution in [0, 0.1) is 12.7 Å². The van der Waals surface area contributed by atoms with Gasteiger partial charge in [0.2, 0.25) is 5.69 Å². The summed E-state index contributed by atoms with van der Waals surface area (Å²) in [5.41, 5.74) is 1.72. The Morgan fingerprint density at radius 3 is 2.67 bits per heavy atom. The van der Waals surface area contributed by atoms with Gasteiger partial charge in [-0.15, -0.1) is 5.10 Å². The molecular weight excluding hydrogens is 391 g/mol. The van der Waals surface area contributed by atoms with Crippen LogP contribution in [0.5, 0.6) is 5.88 Å². The quantitative estimate of drug-likeness (QED) is 0.322. The van der Waals surface area contributed by atoms with Gasteiger partial charge in [0.25, 0.3) is 5.88 Å². The number of hydrogen-bond donors (Lipinski definition) is 0. The van der Waals surface area contributed by atoms with Crippen molar-refractivity contribution in [3.05, 3.63) is 76.7 Å². The Hall–Kier alpha value is -3.88. The third kappa shape index (κ3) is 5.13. The zero-order valence-electron chi connectivity index (χ0n) is 16.4. The highest BCUT2D eigenvalue weighted by Gasteiger charge is 2.23. The average Bonchev–Trinajstić information content (AvgIpc) is 3.14. The molecule has 8 nitrogen and oxygen atoms in total. The van der Waals surface area contributed by atoms with Gasteiger partial charge in [0.1, 0.15) is 5.82 Å². The van der Waals surface area contributed by atoms with E-state index in [4.69, 9.17) is 9.47 Å². The van der Waals surface area contributed by atoms with Gasteiger partial charge in [-0.2, -0.15) is 5.10 Å². The number of esters is 1. The lowest BCUT2D eigenvalue weighted by Crippen LogP contribution is -2.15. The summed E-state index contributed by atoms with van der Waals surface area (Å²) in [6, 6.07) is 12.7. The highest BCUT2D eigenvalue weighted by Crippen LogP contribution is 2.18. The lowest BCUT2D eigenvalue weighted by Gasteiger charge is -2.07. The van der Waals surface area contributed by atoms with Crippen LogP contribution in [0.4, 0.5) is 4.39 Å². The number of carbonyl (C=O) groups excluding carboxylic acids is 2. The molecule has 0 N–H and O–H groups in total. The lowest BCUT2D eigenvalue weighted by molar-refractivity contribution is 0.0512. The van der Waals surface area contributed by atoms with Gasteiger partial charge in [-0.05, 0) is 36.8 Å². The summed E-state index contributed by atoms with van der Waals surface area (Å²) in [6.45, 7) is 3.32. The zero-order chi connectivity index (χ0) is 21.5. The molecule has 0 spiro atoms. The number of ketones is 1. The molecule has 0 amide bonds. The van der Waals surface area contributed by atoms with Crippen molar-refractivity contribution in [2.45, 2.75) is 13.8 Å². The molecule has 0 radical (unpaired) electrons. The Labute approximate surface area is 171 Å². The number of hydrogen-bond acceptors (Lipinski definition) is 7. The van der Waals surface area contributed by atoms with E-state index >= 15 is 0 Å². The van der Waals surface area contributed by atoms with E-state index in [1.165, 1.54) is 24.4 Å². The number of aryl methyl sites for hydroxylation is 1. The molecule has 30 heavy (non-hydrogen) atoms. The fraction of sp³-hybridized carbons (Fsp3) is 0.190. The van der Waals surface area contributed by atoms with Crippen LogP contribution in [-0.4, -0.2) is 46.3 Å². The average molecular weight is 410 g/mol. The Kier molecular flexibility index (Phi) is 6.63. The van der Waals surface area contributed by atoms with Crippen molar-refractivity contribution in [3.8, 4) is 5.88 Å². The van der Waals surface area contributed by atoms with Crippen molar-refractivity contribution in [3.63, 3.8) is 0 Å². The van der Waals surface area contributed by atoms with Crippen molar-refractivity contribution < 1.29 is 23.5 Å². The first-order valence-corrected chi connectivity index (χ1v) is 9.13. The van der Waals surface area contributed by atoms with E-state index in [1.54, 1.807) is 25.1 Å². The summed E-state index contributed by atoms with van der Waals surface area (Å²) in [7, 11) is 0. The first-order valence-electron chi connectivity index (χ1n) is 9.13. The molecule has 0 aliphatic carbocycles. The minimum Gasteiger partial charge on any atom is -0.466 e. The standard InChI is InChI=1S/C21H19FN4O4/c1-3-29-21(28)19-20(30-13-18(27)16-9-7-14(2)8-10-16)26(25-24-19)23-12-15-5-4-6-17(22)11-15/h4-12H,3,13H2,1-2H3. The van der Waals surface area contributed by atoms with Gasteiger partial charge in [-0.1, -0.05) is 46.8 Å². The summed E-state index contributed by atoms with van der Waals surface area (Å²) < 4.78 is 23.8. The second-order valence-corrected chi connectivity index (χ2v) is 6.23. The van der Waals surface area contributed by atoms with Gasteiger partial charge < -0.3 is 9.47 Å². The molecular formula is C21H19FN4O4. The van der Waals surface area contributed by atoms with Crippen molar-refractivity contribution in [1.29, 1.82) is 0 Å². The molecule has 0 aliphatic heterocycles. The molecule has 0 atom stereocenters. The van der Waals surface area contributed by atoms with Crippen LogP contribution in [0.1, 0.15) is 38.9 Å². The highest BCUT2D eigenvalue weighted by molar-refractivity contribution is 5.97. The van der Waals surface area contributed by atoms with Gasteiger partial charge >= 0.3 is 5.97 Å². The number of halogens is 1. The lowest BCUT2D eigenvalue weighted by atomic mass is 10.1. The molecule has 1 heterocycles. The first kappa shape index (κ1) is 20.8. The molecule has 0 aliphatic rings. The van der Waals surface area contributed by atoms with E-state index in [-0.39, 0.29) is 30.6 Å². The van der Waals surface area contributed by atoms with E-state index in [0.717, 1.165) is 10.4 Å². The van der Waals surface area contributed by atoms with Gasteiger partial charge in [-0.3, -0.25) is 4.79 Å². The van der Waals surface area contributed by atoms with Crippen molar-refractivity contribution in [1.82, 2.24) is 15.1 Å². The number of ether oxygens (including phenoxy) is 2. The molecule has 0 fully saturated rings. The van der Waals surface area contributed by atoms with Crippen molar-refractivity contribution in [2.75, 3.05) is 13.2 Å². The van der Waals surface area contributed by atoms with Gasteiger partial charge in [0.15, 0.2) is 12.4 Å². The predicted octanol–water partition coefficient (Wildman–Crippen LogP) is 3.05. The molecule has 0 bridgehead atoms. The molecule has 154 valence electrons. The summed E-state index contributed by atoms with van der Waals surface area (Å²) >= 11 is 0. The largest absolute Gasteiger partial charge is 0.466 e. The Balaban J connectivity index is 1.84. The van der Waals surface area contributed by atoms with Gasteiger partial charge in [-0.25, -0.2) is 9.18 Å². The Morgan fingerprint density at radius 2 is 1.97 bits per heavy atom. The highest BCUT2D eigenvalue weighted by atomic mass is 19.1. The number of nitrogens with zero attached hydrogens (tertiary/aromatic N) is 4. The van der Waals surface area contributed by atoms with Crippen LogP contribution in [0.3, 0.4) is 0 Å². The summed E-state index contributed by atoms with van der Waals surface area (Å²) in [6.07, 6.45) is 1.32. The van der Waals surface area contributed by atoms with Gasteiger partial charge in [0, 0.05) is 5.56 Å². The van der Waals surface area contributed by atoms with Crippen LogP contribution in [0.15, 0.2) is 53.6 Å². The Morgan fingerprint density at radius 1 is 1.20 bits per heavy atom. The molecule has 0 saturated heterocycles. The number of carbonyl (C=O) groups is 2. The fourth-order valence-electron chi connectivity index (χ4n) is 2.46. The Bertz CT molecular complexity index is 1080. The summed E-state index contributed by atoms with van der Waals surface area (Å²) in [5.74, 6) is -1.64. The monoisotopic (exact) mass is 410 g/mol. The maximum atomic E-state index is 13.3.